The van der Waals surface area contributed by atoms with Crippen LogP contribution in [0, 0.1) is 11.7 Å². The molecule has 1 saturated carbocycles. The van der Waals surface area contributed by atoms with Crippen molar-refractivity contribution in [2.75, 3.05) is 7.11 Å². The molecule has 5 heteroatoms. The molecule has 0 spiro atoms. The zero-order chi connectivity index (χ0) is 14.5. The molecular weight excluding hydrogens is 327 g/mol. The number of hydrogen-bond donors (Lipinski definition) is 0. The molecule has 3 nitrogen and oxygen atoms in total. The van der Waals surface area contributed by atoms with E-state index in [4.69, 9.17) is 9.47 Å². The number of carbonyl (C=O) groups excluding carboxylic acids is 1. The molecule has 20 heavy (non-hydrogen) atoms. The van der Waals surface area contributed by atoms with Gasteiger partial charge in [0, 0.05) is 0 Å². The largest absolute Gasteiger partial charge is 0.469 e. The highest BCUT2D eigenvalue weighted by Crippen LogP contribution is 2.28. The SMILES string of the molecule is COC(=O)C1CCC(OCc2cccc(F)c2Br)CC1. The van der Waals surface area contributed by atoms with Gasteiger partial charge in [-0.3, -0.25) is 4.79 Å². The topological polar surface area (TPSA) is 35.5 Å². The van der Waals surface area contributed by atoms with Crippen molar-refractivity contribution >= 4 is 21.9 Å². The first-order valence-electron chi connectivity index (χ1n) is 6.74. The van der Waals surface area contributed by atoms with Gasteiger partial charge >= 0.3 is 5.97 Å². The van der Waals surface area contributed by atoms with Crippen LogP contribution in [0.5, 0.6) is 0 Å². The molecule has 0 unspecified atom stereocenters. The lowest BCUT2D eigenvalue weighted by Crippen LogP contribution is -2.26. The summed E-state index contributed by atoms with van der Waals surface area (Å²) >= 11 is 3.23. The van der Waals surface area contributed by atoms with E-state index in [1.54, 1.807) is 6.07 Å². The van der Waals surface area contributed by atoms with Gasteiger partial charge in [0.15, 0.2) is 0 Å². The molecule has 0 radical (unpaired) electrons. The average molecular weight is 345 g/mol. The maximum atomic E-state index is 13.4. The van der Waals surface area contributed by atoms with E-state index in [1.807, 2.05) is 6.07 Å². The molecule has 0 aromatic heterocycles. The minimum Gasteiger partial charge on any atom is -0.469 e. The summed E-state index contributed by atoms with van der Waals surface area (Å²) in [6.07, 6.45) is 3.40. The molecule has 0 aliphatic heterocycles. The molecule has 0 atom stereocenters. The fourth-order valence-electron chi connectivity index (χ4n) is 2.50. The Morgan fingerprint density at radius 1 is 1.35 bits per heavy atom. The molecular formula is C15H18BrFO3. The van der Waals surface area contributed by atoms with Crippen molar-refractivity contribution < 1.29 is 18.7 Å². The summed E-state index contributed by atoms with van der Waals surface area (Å²) in [4.78, 5) is 11.4. The summed E-state index contributed by atoms with van der Waals surface area (Å²) in [7, 11) is 1.42. The van der Waals surface area contributed by atoms with E-state index in [0.29, 0.717) is 11.1 Å². The summed E-state index contributed by atoms with van der Waals surface area (Å²) in [5.74, 6) is -0.405. The third kappa shape index (κ3) is 3.79. The van der Waals surface area contributed by atoms with Gasteiger partial charge in [-0.2, -0.15) is 0 Å². The first-order chi connectivity index (χ1) is 9.61. The van der Waals surface area contributed by atoms with Gasteiger partial charge in [-0.25, -0.2) is 4.39 Å². The van der Waals surface area contributed by atoms with Crippen molar-refractivity contribution in [2.24, 2.45) is 5.92 Å². The third-order valence-electron chi connectivity index (χ3n) is 3.71. The van der Waals surface area contributed by atoms with Crippen LogP contribution in [0.25, 0.3) is 0 Å². The Morgan fingerprint density at radius 3 is 2.70 bits per heavy atom. The highest BCUT2D eigenvalue weighted by Gasteiger charge is 2.27. The normalized spacial score (nSPS) is 22.6. The molecule has 2 rings (SSSR count). The summed E-state index contributed by atoms with van der Waals surface area (Å²) in [6.45, 7) is 0.381. The predicted octanol–water partition coefficient (Wildman–Crippen LogP) is 3.84. The highest BCUT2D eigenvalue weighted by atomic mass is 79.9. The minimum atomic E-state index is -0.277. The lowest BCUT2D eigenvalue weighted by Gasteiger charge is -2.27. The Kier molecular flexibility index (Phi) is 5.54. The maximum Gasteiger partial charge on any atom is 0.308 e. The minimum absolute atomic E-state index is 0.000700. The number of ether oxygens (including phenoxy) is 2. The Bertz CT molecular complexity index is 470. The zero-order valence-electron chi connectivity index (χ0n) is 11.4. The van der Waals surface area contributed by atoms with Gasteiger partial charge in [0.2, 0.25) is 0 Å². The molecule has 0 bridgehead atoms. The van der Waals surface area contributed by atoms with E-state index in [2.05, 4.69) is 15.9 Å². The van der Waals surface area contributed by atoms with Crippen LogP contribution in [-0.4, -0.2) is 19.2 Å². The smallest absolute Gasteiger partial charge is 0.308 e. The first kappa shape index (κ1) is 15.4. The molecule has 1 aliphatic rings. The Balaban J connectivity index is 1.82. The van der Waals surface area contributed by atoms with E-state index in [9.17, 15) is 9.18 Å². The van der Waals surface area contributed by atoms with Crippen LogP contribution in [0.3, 0.4) is 0 Å². The van der Waals surface area contributed by atoms with Gasteiger partial charge in [-0.1, -0.05) is 12.1 Å². The lowest BCUT2D eigenvalue weighted by atomic mass is 9.87. The second-order valence-corrected chi connectivity index (χ2v) is 5.81. The van der Waals surface area contributed by atoms with E-state index < -0.39 is 0 Å². The number of esters is 1. The van der Waals surface area contributed by atoms with Crippen molar-refractivity contribution in [1.82, 2.24) is 0 Å². The Hall–Kier alpha value is -0.940. The van der Waals surface area contributed by atoms with Crippen molar-refractivity contribution in [3.63, 3.8) is 0 Å². The second-order valence-electron chi connectivity index (χ2n) is 5.02. The number of rotatable bonds is 4. The Morgan fingerprint density at radius 2 is 2.05 bits per heavy atom. The summed E-state index contributed by atoms with van der Waals surface area (Å²) in [6, 6.07) is 4.93. The van der Waals surface area contributed by atoms with Gasteiger partial charge < -0.3 is 9.47 Å². The predicted molar refractivity (Wildman–Crippen MR) is 76.7 cm³/mol. The zero-order valence-corrected chi connectivity index (χ0v) is 13.0. The molecule has 1 fully saturated rings. The van der Waals surface area contributed by atoms with E-state index >= 15 is 0 Å². The standard InChI is InChI=1S/C15H18BrFO3/c1-19-15(18)10-5-7-12(8-6-10)20-9-11-3-2-4-13(17)14(11)16/h2-4,10,12H,5-9H2,1H3. The molecule has 0 heterocycles. The van der Waals surface area contributed by atoms with Gasteiger partial charge in [0.25, 0.3) is 0 Å². The van der Waals surface area contributed by atoms with Crippen LogP contribution < -0.4 is 0 Å². The Labute approximate surface area is 126 Å². The van der Waals surface area contributed by atoms with Crippen molar-refractivity contribution in [3.8, 4) is 0 Å². The van der Waals surface area contributed by atoms with E-state index in [-0.39, 0.29) is 23.8 Å². The fourth-order valence-corrected chi connectivity index (χ4v) is 2.88. The van der Waals surface area contributed by atoms with Crippen LogP contribution >= 0.6 is 15.9 Å². The number of carbonyl (C=O) groups is 1. The maximum absolute atomic E-state index is 13.4. The lowest BCUT2D eigenvalue weighted by molar-refractivity contribution is -0.147. The van der Waals surface area contributed by atoms with Gasteiger partial charge in [-0.05, 0) is 53.2 Å². The van der Waals surface area contributed by atoms with Gasteiger partial charge in [0.1, 0.15) is 5.82 Å². The molecule has 1 aromatic rings. The number of halogens is 2. The number of hydrogen-bond acceptors (Lipinski definition) is 3. The quantitative estimate of drug-likeness (QED) is 0.778. The number of methoxy groups -OCH3 is 1. The van der Waals surface area contributed by atoms with Gasteiger partial charge in [-0.15, -0.1) is 0 Å². The first-order valence-corrected chi connectivity index (χ1v) is 7.53. The summed E-state index contributed by atoms with van der Waals surface area (Å²) in [5, 5.41) is 0. The van der Waals surface area contributed by atoms with Crippen molar-refractivity contribution in [3.05, 3.63) is 34.1 Å². The van der Waals surface area contributed by atoms with Crippen molar-refractivity contribution in [1.29, 1.82) is 0 Å². The van der Waals surface area contributed by atoms with Crippen LogP contribution in [-0.2, 0) is 20.9 Å². The average Bonchev–Trinajstić information content (AvgIpc) is 2.48. The van der Waals surface area contributed by atoms with Crippen LogP contribution in [0.2, 0.25) is 0 Å². The highest BCUT2D eigenvalue weighted by molar-refractivity contribution is 9.10. The van der Waals surface area contributed by atoms with Crippen LogP contribution in [0.15, 0.2) is 22.7 Å². The second kappa shape index (κ2) is 7.18. The molecule has 0 saturated heterocycles. The van der Waals surface area contributed by atoms with Crippen LogP contribution in [0.4, 0.5) is 4.39 Å². The van der Waals surface area contributed by atoms with Crippen LogP contribution in [0.1, 0.15) is 31.2 Å². The van der Waals surface area contributed by atoms with E-state index in [1.165, 1.54) is 13.2 Å². The fraction of sp³-hybridized carbons (Fsp3) is 0.533. The molecule has 0 amide bonds. The monoisotopic (exact) mass is 344 g/mol. The van der Waals surface area contributed by atoms with Gasteiger partial charge in [0.05, 0.1) is 30.2 Å². The molecule has 1 aromatic carbocycles. The summed E-state index contributed by atoms with van der Waals surface area (Å²) in [5.41, 5.74) is 0.806. The van der Waals surface area contributed by atoms with E-state index in [0.717, 1.165) is 31.2 Å². The molecule has 1 aliphatic carbocycles. The third-order valence-corrected chi connectivity index (χ3v) is 4.60. The molecule has 0 N–H and O–H groups in total. The summed E-state index contributed by atoms with van der Waals surface area (Å²) < 4.78 is 24.4. The van der Waals surface area contributed by atoms with Crippen molar-refractivity contribution in [2.45, 2.75) is 38.4 Å². The number of benzene rings is 1. The molecule has 110 valence electrons.